The zero-order valence-electron chi connectivity index (χ0n) is 11.9. The van der Waals surface area contributed by atoms with E-state index in [4.69, 9.17) is 68.2 Å². The zero-order chi connectivity index (χ0) is 16.8. The molecule has 8 nitrogen and oxygen atoms in total. The molecule has 2 heterocycles. The molecule has 0 saturated carbocycles. The minimum Gasteiger partial charge on any atom is -0.377 e. The molecule has 0 atom stereocenters. The highest BCUT2D eigenvalue weighted by Gasteiger charge is 2.35. The summed E-state index contributed by atoms with van der Waals surface area (Å²) in [5.41, 5.74) is 0. The van der Waals surface area contributed by atoms with Gasteiger partial charge in [0.05, 0.1) is 52.9 Å². The van der Waals surface area contributed by atoms with E-state index in [0.717, 1.165) is 0 Å². The molecule has 2 aliphatic heterocycles. The summed E-state index contributed by atoms with van der Waals surface area (Å²) in [5.74, 6) is -6.20. The van der Waals surface area contributed by atoms with Crippen LogP contribution in [-0.2, 0) is 23.3 Å². The SMILES string of the molecule is ClP1(Cl)=NP(Cl)(Cl)=NP2(=N1)OCCOCCOCCOCCO2. The maximum Gasteiger partial charge on any atom is 0.345 e. The largest absolute Gasteiger partial charge is 0.377 e. The van der Waals surface area contributed by atoms with Crippen LogP contribution >= 0.6 is 64.4 Å². The molecular formula is C8H16Cl4N3O5P3. The topological polar surface area (TPSA) is 83.2 Å². The molecule has 0 aromatic rings. The Morgan fingerprint density at radius 1 is 0.522 bits per heavy atom. The van der Waals surface area contributed by atoms with Crippen LogP contribution in [-0.4, -0.2) is 52.9 Å². The highest BCUT2D eigenvalue weighted by Crippen LogP contribution is 2.85. The predicted molar refractivity (Wildman–Crippen MR) is 95.8 cm³/mol. The second-order valence-electron chi connectivity index (χ2n) is 4.17. The highest BCUT2D eigenvalue weighted by atomic mass is 35.9. The molecule has 0 N–H and O–H groups in total. The fourth-order valence-electron chi connectivity index (χ4n) is 1.57. The average Bonchev–Trinajstić information content (AvgIpc) is 2.40. The molecule has 15 heteroatoms. The van der Waals surface area contributed by atoms with Crippen LogP contribution in [0.2, 0.25) is 0 Å². The van der Waals surface area contributed by atoms with E-state index >= 15 is 0 Å². The zero-order valence-corrected chi connectivity index (χ0v) is 17.6. The Balaban J connectivity index is 2.17. The van der Waals surface area contributed by atoms with Crippen molar-refractivity contribution in [3.8, 4) is 0 Å². The highest BCUT2D eigenvalue weighted by molar-refractivity contribution is 8.20. The third kappa shape index (κ3) is 7.82. The van der Waals surface area contributed by atoms with Crippen LogP contribution in [0, 0.1) is 0 Å². The van der Waals surface area contributed by atoms with Gasteiger partial charge in [-0.3, -0.25) is 0 Å². The first-order chi connectivity index (χ1) is 10.8. The lowest BCUT2D eigenvalue weighted by Crippen LogP contribution is -2.14. The van der Waals surface area contributed by atoms with E-state index in [-0.39, 0.29) is 13.2 Å². The van der Waals surface area contributed by atoms with Gasteiger partial charge in [0.2, 0.25) is 0 Å². The molecule has 23 heavy (non-hydrogen) atoms. The summed E-state index contributed by atoms with van der Waals surface area (Å²) in [4.78, 5) is 0. The van der Waals surface area contributed by atoms with Crippen LogP contribution < -0.4 is 0 Å². The van der Waals surface area contributed by atoms with Crippen molar-refractivity contribution in [2.45, 2.75) is 0 Å². The van der Waals surface area contributed by atoms with Gasteiger partial charge in [0, 0.05) is 0 Å². The third-order valence-corrected chi connectivity index (χ3v) is 13.5. The average molecular weight is 469 g/mol. The van der Waals surface area contributed by atoms with Crippen molar-refractivity contribution < 1.29 is 23.3 Å². The van der Waals surface area contributed by atoms with Gasteiger partial charge < -0.3 is 23.3 Å². The van der Waals surface area contributed by atoms with E-state index in [1.54, 1.807) is 0 Å². The van der Waals surface area contributed by atoms with Crippen molar-refractivity contribution in [1.29, 1.82) is 0 Å². The summed E-state index contributed by atoms with van der Waals surface area (Å²) in [6.07, 6.45) is 0. The molecule has 2 aliphatic rings. The second kappa shape index (κ2) is 9.55. The van der Waals surface area contributed by atoms with E-state index in [2.05, 4.69) is 13.5 Å². The number of halogens is 4. The number of hydrogen-bond acceptors (Lipinski definition) is 8. The van der Waals surface area contributed by atoms with Crippen molar-refractivity contribution in [3.05, 3.63) is 0 Å². The van der Waals surface area contributed by atoms with Gasteiger partial charge in [0.25, 0.3) is 11.8 Å². The molecule has 0 bridgehead atoms. The van der Waals surface area contributed by atoms with Gasteiger partial charge in [0.1, 0.15) is 0 Å². The molecule has 1 saturated heterocycles. The number of ether oxygens (including phenoxy) is 3. The Hall–Kier alpha value is 1.65. The quantitative estimate of drug-likeness (QED) is 0.414. The maximum atomic E-state index is 6.08. The van der Waals surface area contributed by atoms with Gasteiger partial charge in [-0.05, 0) is 45.0 Å². The van der Waals surface area contributed by atoms with Crippen LogP contribution in [0.25, 0.3) is 0 Å². The molecule has 0 aromatic carbocycles. The van der Waals surface area contributed by atoms with E-state index in [1.165, 1.54) is 0 Å². The van der Waals surface area contributed by atoms with Gasteiger partial charge in [-0.2, -0.15) is 13.5 Å². The van der Waals surface area contributed by atoms with Gasteiger partial charge in [0.15, 0.2) is 0 Å². The number of hydrogen-bond donors (Lipinski definition) is 0. The van der Waals surface area contributed by atoms with Gasteiger partial charge in [-0.15, -0.1) is 0 Å². The van der Waals surface area contributed by atoms with E-state index < -0.39 is 19.5 Å². The summed E-state index contributed by atoms with van der Waals surface area (Å²) < 4.78 is 39.6. The summed E-state index contributed by atoms with van der Waals surface area (Å²) in [6, 6.07) is 0. The molecule has 0 radical (unpaired) electrons. The van der Waals surface area contributed by atoms with Crippen LogP contribution in [0.4, 0.5) is 0 Å². The van der Waals surface area contributed by atoms with E-state index in [9.17, 15) is 0 Å². The Morgan fingerprint density at radius 3 is 1.35 bits per heavy atom. The number of nitrogens with zero attached hydrogens (tertiary/aromatic N) is 3. The fraction of sp³-hybridized carbons (Fsp3) is 1.00. The summed E-state index contributed by atoms with van der Waals surface area (Å²) >= 11 is 24.3. The molecule has 2 rings (SSSR count). The minimum atomic E-state index is -3.17. The summed E-state index contributed by atoms with van der Waals surface area (Å²) in [5, 5.41) is 0. The van der Waals surface area contributed by atoms with Crippen molar-refractivity contribution in [2.24, 2.45) is 13.5 Å². The Kier molecular flexibility index (Phi) is 8.70. The fourth-order valence-corrected chi connectivity index (χ4v) is 15.5. The first-order valence-electron chi connectivity index (χ1n) is 6.55. The second-order valence-corrected chi connectivity index (χ2v) is 16.3. The van der Waals surface area contributed by atoms with Crippen molar-refractivity contribution in [1.82, 2.24) is 0 Å². The maximum absolute atomic E-state index is 6.08. The Labute approximate surface area is 154 Å². The molecule has 1 spiro atoms. The monoisotopic (exact) mass is 467 g/mol. The van der Waals surface area contributed by atoms with Gasteiger partial charge >= 0.3 is 7.66 Å². The first kappa shape index (κ1) is 21.0. The lowest BCUT2D eigenvalue weighted by Gasteiger charge is -2.26. The molecule has 0 amide bonds. The van der Waals surface area contributed by atoms with Crippen LogP contribution in [0.15, 0.2) is 13.5 Å². The Bertz CT molecular complexity index is 540. The predicted octanol–water partition coefficient (Wildman–Crippen LogP) is 5.89. The molecule has 0 aliphatic carbocycles. The Morgan fingerprint density at radius 2 is 0.913 bits per heavy atom. The minimum absolute atomic E-state index is 0.170. The summed E-state index contributed by atoms with van der Waals surface area (Å²) in [6.45, 7) is 2.77. The van der Waals surface area contributed by atoms with Gasteiger partial charge in [-0.25, -0.2) is 0 Å². The lowest BCUT2D eigenvalue weighted by atomic mass is 10.7. The van der Waals surface area contributed by atoms with E-state index in [0.29, 0.717) is 39.6 Å². The van der Waals surface area contributed by atoms with Crippen molar-refractivity contribution in [2.75, 3.05) is 52.9 Å². The lowest BCUT2D eigenvalue weighted by molar-refractivity contribution is -0.000753. The standard InChI is InChI=1S/C8H16Cl4N3O5P3/c9-21(10)13-22(11,12)15-23(14-21)19-7-5-17-3-1-16-2-4-18-6-8-20-23/h1-8H2. The molecule has 1 fully saturated rings. The van der Waals surface area contributed by atoms with Crippen LogP contribution in [0.3, 0.4) is 0 Å². The van der Waals surface area contributed by atoms with Crippen LogP contribution in [0.1, 0.15) is 0 Å². The number of rotatable bonds is 0. The normalized spacial score (nSPS) is 28.7. The van der Waals surface area contributed by atoms with Crippen molar-refractivity contribution >= 4 is 64.4 Å². The third-order valence-electron chi connectivity index (χ3n) is 2.37. The molecule has 136 valence electrons. The van der Waals surface area contributed by atoms with E-state index in [1.807, 2.05) is 0 Å². The smallest absolute Gasteiger partial charge is 0.345 e. The molecule has 0 unspecified atom stereocenters. The summed E-state index contributed by atoms with van der Waals surface area (Å²) in [7, 11) is -3.17. The molecule has 0 aromatic heterocycles. The molecular weight excluding hydrogens is 453 g/mol. The van der Waals surface area contributed by atoms with Crippen LogP contribution in [0.5, 0.6) is 0 Å². The van der Waals surface area contributed by atoms with Gasteiger partial charge in [-0.1, -0.05) is 0 Å². The first-order valence-corrected chi connectivity index (χ1v) is 15.1. The van der Waals surface area contributed by atoms with Crippen molar-refractivity contribution in [3.63, 3.8) is 0 Å².